The molecule has 3 aromatic carbocycles. The van der Waals surface area contributed by atoms with Gasteiger partial charge in [-0.15, -0.1) is 0 Å². The fourth-order valence-corrected chi connectivity index (χ4v) is 2.73. The van der Waals surface area contributed by atoms with Gasteiger partial charge in [-0.25, -0.2) is 0 Å². The van der Waals surface area contributed by atoms with Crippen LogP contribution >= 0.6 is 0 Å². The number of hydrogen-bond donors (Lipinski definition) is 2. The fraction of sp³-hybridized carbons (Fsp3) is 0.238. The van der Waals surface area contributed by atoms with Crippen LogP contribution < -0.4 is 14.8 Å². The van der Waals surface area contributed by atoms with Crippen molar-refractivity contribution in [1.82, 2.24) is 5.32 Å². The average molecular weight is 337 g/mol. The summed E-state index contributed by atoms with van der Waals surface area (Å²) in [5.41, 5.74) is 1.11. The number of benzene rings is 3. The van der Waals surface area contributed by atoms with Gasteiger partial charge in [0.1, 0.15) is 24.2 Å². The van der Waals surface area contributed by atoms with E-state index in [1.807, 2.05) is 66.7 Å². The van der Waals surface area contributed by atoms with E-state index in [0.29, 0.717) is 13.1 Å². The topological polar surface area (TPSA) is 50.7 Å². The van der Waals surface area contributed by atoms with Crippen molar-refractivity contribution >= 4 is 10.8 Å². The van der Waals surface area contributed by atoms with Crippen molar-refractivity contribution in [3.63, 3.8) is 0 Å². The first-order chi connectivity index (χ1) is 12.3. The highest BCUT2D eigenvalue weighted by Crippen LogP contribution is 2.25. The van der Waals surface area contributed by atoms with E-state index in [1.165, 1.54) is 0 Å². The third-order valence-electron chi connectivity index (χ3n) is 4.02. The maximum absolute atomic E-state index is 10.1. The molecule has 0 fully saturated rings. The molecule has 0 unspecified atom stereocenters. The van der Waals surface area contributed by atoms with Gasteiger partial charge in [0.25, 0.3) is 0 Å². The average Bonchev–Trinajstić information content (AvgIpc) is 2.66. The van der Waals surface area contributed by atoms with E-state index in [1.54, 1.807) is 7.11 Å². The molecule has 0 radical (unpaired) electrons. The van der Waals surface area contributed by atoms with Gasteiger partial charge in [-0.1, -0.05) is 48.5 Å². The third kappa shape index (κ3) is 4.72. The van der Waals surface area contributed by atoms with Crippen LogP contribution in [0, 0.1) is 0 Å². The van der Waals surface area contributed by atoms with Gasteiger partial charge < -0.3 is 19.9 Å². The SMILES string of the molecule is COc1cccc(CNC[C@@H](O)COc2cccc3ccccc23)c1. The Labute approximate surface area is 148 Å². The van der Waals surface area contributed by atoms with E-state index in [0.717, 1.165) is 27.8 Å². The monoisotopic (exact) mass is 337 g/mol. The Kier molecular flexibility index (Phi) is 5.88. The molecule has 4 heteroatoms. The van der Waals surface area contributed by atoms with Crippen LogP contribution in [-0.2, 0) is 6.54 Å². The Balaban J connectivity index is 1.48. The summed E-state index contributed by atoms with van der Waals surface area (Å²) >= 11 is 0. The molecule has 2 N–H and O–H groups in total. The van der Waals surface area contributed by atoms with Crippen LogP contribution in [0.5, 0.6) is 11.5 Å². The zero-order valence-corrected chi connectivity index (χ0v) is 14.3. The van der Waals surface area contributed by atoms with Gasteiger partial charge in [0.15, 0.2) is 0 Å². The molecular formula is C21H23NO3. The Hall–Kier alpha value is -2.56. The van der Waals surface area contributed by atoms with Crippen molar-refractivity contribution in [3.8, 4) is 11.5 Å². The largest absolute Gasteiger partial charge is 0.497 e. The molecule has 130 valence electrons. The molecule has 25 heavy (non-hydrogen) atoms. The van der Waals surface area contributed by atoms with Crippen LogP contribution in [-0.4, -0.2) is 31.5 Å². The smallest absolute Gasteiger partial charge is 0.127 e. The molecule has 0 aliphatic rings. The van der Waals surface area contributed by atoms with Gasteiger partial charge in [-0.3, -0.25) is 0 Å². The van der Waals surface area contributed by atoms with Crippen LogP contribution in [0.15, 0.2) is 66.7 Å². The van der Waals surface area contributed by atoms with Crippen LogP contribution in [0.4, 0.5) is 0 Å². The van der Waals surface area contributed by atoms with Crippen molar-refractivity contribution in [2.24, 2.45) is 0 Å². The highest BCUT2D eigenvalue weighted by molar-refractivity contribution is 5.88. The fourth-order valence-electron chi connectivity index (χ4n) is 2.73. The molecule has 0 aromatic heterocycles. The summed E-state index contributed by atoms with van der Waals surface area (Å²) in [6.45, 7) is 1.38. The summed E-state index contributed by atoms with van der Waals surface area (Å²) in [7, 11) is 1.65. The van der Waals surface area contributed by atoms with Gasteiger partial charge in [0.05, 0.1) is 7.11 Å². The molecule has 0 bridgehead atoms. The van der Waals surface area contributed by atoms with Crippen molar-refractivity contribution < 1.29 is 14.6 Å². The van der Waals surface area contributed by atoms with Gasteiger partial charge in [-0.2, -0.15) is 0 Å². The Morgan fingerprint density at radius 2 is 1.80 bits per heavy atom. The minimum absolute atomic E-state index is 0.249. The molecule has 0 saturated carbocycles. The van der Waals surface area contributed by atoms with Crippen LogP contribution in [0.2, 0.25) is 0 Å². The predicted molar refractivity (Wildman–Crippen MR) is 100 cm³/mol. The van der Waals surface area contributed by atoms with Crippen LogP contribution in [0.1, 0.15) is 5.56 Å². The van der Waals surface area contributed by atoms with Crippen LogP contribution in [0.3, 0.4) is 0 Å². The molecule has 0 heterocycles. The second-order valence-corrected chi connectivity index (χ2v) is 5.92. The first kappa shape index (κ1) is 17.3. The van der Waals surface area contributed by atoms with E-state index in [-0.39, 0.29) is 6.61 Å². The molecule has 0 amide bonds. The molecule has 0 saturated heterocycles. The minimum atomic E-state index is -0.579. The molecule has 4 nitrogen and oxygen atoms in total. The summed E-state index contributed by atoms with van der Waals surface area (Å²) in [4.78, 5) is 0. The maximum Gasteiger partial charge on any atom is 0.127 e. The lowest BCUT2D eigenvalue weighted by Gasteiger charge is -2.15. The second kappa shape index (κ2) is 8.51. The molecule has 0 spiro atoms. The quantitative estimate of drug-likeness (QED) is 0.662. The molecule has 1 atom stereocenters. The number of methoxy groups -OCH3 is 1. The number of aliphatic hydroxyl groups is 1. The van der Waals surface area contributed by atoms with E-state index >= 15 is 0 Å². The molecule has 0 aliphatic carbocycles. The first-order valence-electron chi connectivity index (χ1n) is 8.38. The molecule has 3 rings (SSSR count). The Morgan fingerprint density at radius 1 is 1.00 bits per heavy atom. The second-order valence-electron chi connectivity index (χ2n) is 5.92. The van der Waals surface area contributed by atoms with Crippen molar-refractivity contribution in [1.29, 1.82) is 0 Å². The zero-order chi connectivity index (χ0) is 17.5. The van der Waals surface area contributed by atoms with Gasteiger partial charge >= 0.3 is 0 Å². The van der Waals surface area contributed by atoms with Crippen LogP contribution in [0.25, 0.3) is 10.8 Å². The summed E-state index contributed by atoms with van der Waals surface area (Å²) < 4.78 is 11.0. The van der Waals surface area contributed by atoms with Crippen molar-refractivity contribution in [2.45, 2.75) is 12.6 Å². The number of hydrogen-bond acceptors (Lipinski definition) is 4. The number of aliphatic hydroxyl groups excluding tert-OH is 1. The lowest BCUT2D eigenvalue weighted by atomic mass is 10.1. The van der Waals surface area contributed by atoms with Gasteiger partial charge in [-0.05, 0) is 29.1 Å². The lowest BCUT2D eigenvalue weighted by molar-refractivity contribution is 0.107. The third-order valence-corrected chi connectivity index (χ3v) is 4.02. The first-order valence-corrected chi connectivity index (χ1v) is 8.38. The van der Waals surface area contributed by atoms with E-state index in [2.05, 4.69) is 5.32 Å². The highest BCUT2D eigenvalue weighted by atomic mass is 16.5. The molecule has 3 aromatic rings. The van der Waals surface area contributed by atoms with Gasteiger partial charge in [0, 0.05) is 18.5 Å². The zero-order valence-electron chi connectivity index (χ0n) is 14.3. The summed E-state index contributed by atoms with van der Waals surface area (Å²) in [5.74, 6) is 1.63. The highest BCUT2D eigenvalue weighted by Gasteiger charge is 2.07. The number of ether oxygens (including phenoxy) is 2. The van der Waals surface area contributed by atoms with Crippen molar-refractivity contribution in [3.05, 3.63) is 72.3 Å². The predicted octanol–water partition coefficient (Wildman–Crippen LogP) is 3.38. The summed E-state index contributed by atoms with van der Waals surface area (Å²) in [6, 6.07) is 21.9. The van der Waals surface area contributed by atoms with E-state index < -0.39 is 6.10 Å². The number of rotatable bonds is 8. The molecular weight excluding hydrogens is 314 g/mol. The summed E-state index contributed by atoms with van der Waals surface area (Å²) in [5, 5.41) is 15.6. The maximum atomic E-state index is 10.1. The molecule has 0 aliphatic heterocycles. The summed E-state index contributed by atoms with van der Waals surface area (Å²) in [6.07, 6.45) is -0.579. The van der Waals surface area contributed by atoms with E-state index in [9.17, 15) is 5.11 Å². The number of fused-ring (bicyclic) bond motifs is 1. The number of nitrogens with one attached hydrogen (secondary N) is 1. The Bertz CT molecular complexity index is 814. The minimum Gasteiger partial charge on any atom is -0.497 e. The Morgan fingerprint density at radius 3 is 2.68 bits per heavy atom. The standard InChI is InChI=1S/C21H23NO3/c1-24-19-9-4-6-16(12-19)13-22-14-18(23)15-25-21-11-5-8-17-7-2-3-10-20(17)21/h2-12,18,22-23H,13-15H2,1H3/t18-/m1/s1. The lowest BCUT2D eigenvalue weighted by Crippen LogP contribution is -2.31. The van der Waals surface area contributed by atoms with Crippen molar-refractivity contribution in [2.75, 3.05) is 20.3 Å². The normalized spacial score (nSPS) is 12.1. The van der Waals surface area contributed by atoms with Gasteiger partial charge in [0.2, 0.25) is 0 Å². The van der Waals surface area contributed by atoms with E-state index in [4.69, 9.17) is 9.47 Å².